The summed E-state index contributed by atoms with van der Waals surface area (Å²) in [6.45, 7) is 1.87. The molecule has 0 aliphatic carbocycles. The molecule has 25 heavy (non-hydrogen) atoms. The molecule has 0 aliphatic heterocycles. The Morgan fingerprint density at radius 1 is 1.16 bits per heavy atom. The van der Waals surface area contributed by atoms with Crippen LogP contribution >= 0.6 is 0 Å². The van der Waals surface area contributed by atoms with Gasteiger partial charge in [-0.2, -0.15) is 4.79 Å². The van der Waals surface area contributed by atoms with E-state index >= 15 is 0 Å². The maximum Gasteiger partial charge on any atom is 0.323 e. The highest BCUT2D eigenvalue weighted by atomic mass is 32.2. The number of carbonyl (C=O) groups excluding carboxylic acids is 1. The van der Waals surface area contributed by atoms with E-state index in [4.69, 9.17) is 5.53 Å². The summed E-state index contributed by atoms with van der Waals surface area (Å²) < 4.78 is 27.7. The number of nitrogens with one attached hydrogen (secondary N) is 1. The van der Waals surface area contributed by atoms with E-state index in [0.717, 1.165) is 17.3 Å². The van der Waals surface area contributed by atoms with Gasteiger partial charge in [0, 0.05) is 12.5 Å². The molecular weight excluding hydrogens is 338 g/mol. The molecule has 0 radical (unpaired) electrons. The minimum atomic E-state index is -3.77. The number of benzene rings is 2. The van der Waals surface area contributed by atoms with Gasteiger partial charge in [0.1, 0.15) is 0 Å². The molecule has 0 bridgehead atoms. The van der Waals surface area contributed by atoms with E-state index in [1.807, 2.05) is 37.3 Å². The van der Waals surface area contributed by atoms with E-state index in [1.165, 1.54) is 12.1 Å². The van der Waals surface area contributed by atoms with Gasteiger partial charge in [-0.25, -0.2) is 13.1 Å². The number of carbonyl (C=O) groups is 1. The zero-order valence-corrected chi connectivity index (χ0v) is 14.6. The van der Waals surface area contributed by atoms with Gasteiger partial charge >= 0.3 is 6.21 Å². The third-order valence-corrected chi connectivity index (χ3v) is 5.16. The first kappa shape index (κ1) is 18.7. The van der Waals surface area contributed by atoms with Gasteiger partial charge in [-0.3, -0.25) is 4.79 Å². The lowest BCUT2D eigenvalue weighted by Gasteiger charge is -2.17. The Hall–Kier alpha value is -2.60. The summed E-state index contributed by atoms with van der Waals surface area (Å²) in [6.07, 6.45) is 1.01. The average molecular weight is 357 g/mol. The molecule has 0 aliphatic rings. The second kappa shape index (κ2) is 8.48. The molecular formula is C18H19N3O3S. The van der Waals surface area contributed by atoms with Gasteiger partial charge in [0.2, 0.25) is 15.8 Å². The maximum absolute atomic E-state index is 12.6. The quantitative estimate of drug-likeness (QED) is 0.445. The van der Waals surface area contributed by atoms with Crippen LogP contribution in [0.2, 0.25) is 0 Å². The van der Waals surface area contributed by atoms with Crippen molar-refractivity contribution in [3.05, 3.63) is 71.3 Å². The lowest BCUT2D eigenvalue weighted by Crippen LogP contribution is -2.38. The van der Waals surface area contributed by atoms with Gasteiger partial charge in [-0.1, -0.05) is 48.0 Å². The fourth-order valence-corrected chi connectivity index (χ4v) is 3.65. The van der Waals surface area contributed by atoms with E-state index in [2.05, 4.69) is 9.51 Å². The number of sulfonamides is 1. The molecule has 0 unspecified atom stereocenters. The molecule has 0 saturated heterocycles. The Bertz CT molecular complexity index is 872. The largest absolute Gasteiger partial charge is 0.361 e. The van der Waals surface area contributed by atoms with Crippen LogP contribution in [0.15, 0.2) is 59.5 Å². The van der Waals surface area contributed by atoms with E-state index in [0.29, 0.717) is 6.42 Å². The van der Waals surface area contributed by atoms with Crippen molar-refractivity contribution in [3.63, 3.8) is 0 Å². The topological polar surface area (TPSA) is 99.6 Å². The third kappa shape index (κ3) is 5.76. The zero-order chi connectivity index (χ0) is 18.3. The predicted molar refractivity (Wildman–Crippen MR) is 94.7 cm³/mol. The zero-order valence-electron chi connectivity index (χ0n) is 13.8. The Balaban J connectivity index is 2.23. The van der Waals surface area contributed by atoms with Crippen molar-refractivity contribution in [2.24, 2.45) is 0 Å². The van der Waals surface area contributed by atoms with E-state index in [9.17, 15) is 13.2 Å². The second-order valence-electron chi connectivity index (χ2n) is 5.74. The van der Waals surface area contributed by atoms with Gasteiger partial charge in [0.05, 0.1) is 4.90 Å². The standard InChI is InChI=1S/C18H19N3O3S/c1-14-7-9-18(10-8-14)25(23,24)21-16(12-17(22)13-20-19)11-15-5-3-2-4-6-15/h2-10,13,16,21H,11-12H2,1H3/t16-/m0/s1. The summed E-state index contributed by atoms with van der Waals surface area (Å²) in [7, 11) is -3.77. The molecule has 2 aromatic carbocycles. The molecule has 6 nitrogen and oxygen atoms in total. The van der Waals surface area contributed by atoms with Gasteiger partial charge in [0.15, 0.2) is 0 Å². The third-order valence-electron chi connectivity index (χ3n) is 3.63. The van der Waals surface area contributed by atoms with Crippen molar-refractivity contribution in [1.82, 2.24) is 4.72 Å². The molecule has 7 heteroatoms. The summed E-state index contributed by atoms with van der Waals surface area (Å²) in [5, 5.41) is 0. The SMILES string of the molecule is Cc1ccc(S(=O)(=O)N[C@H](CC(=O)C=[N+]=[N-])Cc2ccccc2)cc1. The minimum Gasteiger partial charge on any atom is -0.361 e. The number of hydrogen-bond acceptors (Lipinski definition) is 3. The van der Waals surface area contributed by atoms with E-state index in [1.54, 1.807) is 12.1 Å². The number of ketones is 1. The van der Waals surface area contributed by atoms with Gasteiger partial charge in [-0.05, 0) is 31.0 Å². The molecule has 0 spiro atoms. The first-order valence-corrected chi connectivity index (χ1v) is 9.22. The monoisotopic (exact) mass is 357 g/mol. The Morgan fingerprint density at radius 3 is 2.40 bits per heavy atom. The summed E-state index contributed by atoms with van der Waals surface area (Å²) in [5.41, 5.74) is 10.3. The first-order valence-electron chi connectivity index (χ1n) is 7.74. The predicted octanol–water partition coefficient (Wildman–Crippen LogP) is 2.14. The highest BCUT2D eigenvalue weighted by Crippen LogP contribution is 2.13. The van der Waals surface area contributed by atoms with Crippen LogP contribution in [0.1, 0.15) is 17.5 Å². The molecule has 1 N–H and O–H groups in total. The molecule has 2 rings (SSSR count). The van der Waals surface area contributed by atoms with Crippen LogP contribution in [-0.4, -0.2) is 31.2 Å². The lowest BCUT2D eigenvalue weighted by molar-refractivity contribution is -0.116. The van der Waals surface area contributed by atoms with E-state index in [-0.39, 0.29) is 11.3 Å². The van der Waals surface area contributed by atoms with Crippen LogP contribution in [0.25, 0.3) is 5.53 Å². The maximum atomic E-state index is 12.6. The molecule has 0 amide bonds. The molecule has 0 saturated carbocycles. The number of hydrogen-bond donors (Lipinski definition) is 1. The van der Waals surface area contributed by atoms with Crippen molar-refractivity contribution >= 4 is 22.0 Å². The van der Waals surface area contributed by atoms with Crippen molar-refractivity contribution in [2.75, 3.05) is 0 Å². The van der Waals surface area contributed by atoms with Crippen molar-refractivity contribution in [2.45, 2.75) is 30.7 Å². The minimum absolute atomic E-state index is 0.107. The number of Topliss-reactive ketones (excluding diaryl/α,β-unsaturated/α-hetero) is 1. The summed E-state index contributed by atoms with van der Waals surface area (Å²) in [6, 6.07) is 15.1. The highest BCUT2D eigenvalue weighted by Gasteiger charge is 2.23. The number of aryl methyl sites for hydroxylation is 1. The second-order valence-corrected chi connectivity index (χ2v) is 7.45. The molecule has 0 fully saturated rings. The van der Waals surface area contributed by atoms with Gasteiger partial charge < -0.3 is 5.53 Å². The van der Waals surface area contributed by atoms with Crippen molar-refractivity contribution < 1.29 is 18.0 Å². The van der Waals surface area contributed by atoms with Gasteiger partial charge in [-0.15, -0.1) is 0 Å². The smallest absolute Gasteiger partial charge is 0.323 e. The van der Waals surface area contributed by atoms with Crippen LogP contribution in [0.5, 0.6) is 0 Å². The number of nitrogens with zero attached hydrogens (tertiary/aromatic N) is 2. The van der Waals surface area contributed by atoms with Crippen LogP contribution < -0.4 is 4.72 Å². The van der Waals surface area contributed by atoms with Crippen LogP contribution in [0, 0.1) is 6.92 Å². The molecule has 0 aromatic heterocycles. The molecule has 2 aromatic rings. The molecule has 130 valence electrons. The molecule has 0 heterocycles. The normalized spacial score (nSPS) is 12.2. The fourth-order valence-electron chi connectivity index (χ4n) is 2.42. The number of rotatable bonds is 8. The summed E-state index contributed by atoms with van der Waals surface area (Å²) in [4.78, 5) is 14.6. The van der Waals surface area contributed by atoms with Crippen LogP contribution in [-0.2, 0) is 21.2 Å². The van der Waals surface area contributed by atoms with Crippen molar-refractivity contribution in [3.8, 4) is 0 Å². The van der Waals surface area contributed by atoms with Crippen LogP contribution in [0.4, 0.5) is 0 Å². The lowest BCUT2D eigenvalue weighted by atomic mass is 10.0. The Morgan fingerprint density at radius 2 is 1.80 bits per heavy atom. The Kier molecular flexibility index (Phi) is 6.36. The fraction of sp³-hybridized carbons (Fsp3) is 0.222. The highest BCUT2D eigenvalue weighted by molar-refractivity contribution is 7.89. The van der Waals surface area contributed by atoms with Crippen LogP contribution in [0.3, 0.4) is 0 Å². The summed E-state index contributed by atoms with van der Waals surface area (Å²) in [5.74, 6) is -0.463. The van der Waals surface area contributed by atoms with E-state index < -0.39 is 21.8 Å². The molecule has 1 atom stereocenters. The first-order chi connectivity index (χ1) is 11.9. The average Bonchev–Trinajstić information content (AvgIpc) is 2.56. The Labute approximate surface area is 147 Å². The summed E-state index contributed by atoms with van der Waals surface area (Å²) >= 11 is 0. The van der Waals surface area contributed by atoms with Crippen molar-refractivity contribution in [1.29, 1.82) is 0 Å². The van der Waals surface area contributed by atoms with Gasteiger partial charge in [0.25, 0.3) is 0 Å².